The Morgan fingerprint density at radius 3 is 2.57 bits per heavy atom. The smallest absolute Gasteiger partial charge is 0.343 e. The van der Waals surface area contributed by atoms with Crippen LogP contribution in [-0.4, -0.2) is 38.0 Å². The minimum Gasteiger partial charge on any atom is -0.497 e. The second-order valence-corrected chi connectivity index (χ2v) is 8.15. The van der Waals surface area contributed by atoms with Crippen molar-refractivity contribution in [2.75, 3.05) is 12.9 Å². The number of carbonyl (C=O) groups excluding carboxylic acids is 1. The minimum absolute atomic E-state index is 0.0438. The van der Waals surface area contributed by atoms with Crippen molar-refractivity contribution in [3.63, 3.8) is 0 Å². The summed E-state index contributed by atoms with van der Waals surface area (Å²) in [6.45, 7) is 7.41. The molecule has 0 unspecified atom stereocenters. The fourth-order valence-electron chi connectivity index (χ4n) is 3.50. The number of ketones is 1. The fraction of sp³-hybridized carbons (Fsp3) is 0.409. The van der Waals surface area contributed by atoms with Crippen LogP contribution in [0.5, 0.6) is 5.75 Å². The maximum atomic E-state index is 12.9. The standard InChI is InChI=1S/C22H28N4O3S/c1-5-11-26-21(28)23-24-22(26)30-14-20(27)19-13-15(2)25(16(19)3)12-10-17-6-8-18(29-4)9-7-17/h6-9,13H,5,10-12,14H2,1-4H3,(H,23,28). The minimum atomic E-state index is -0.233. The number of carbonyl (C=O) groups is 1. The number of thioether (sulfide) groups is 1. The Morgan fingerprint density at radius 2 is 1.90 bits per heavy atom. The van der Waals surface area contributed by atoms with Crippen LogP contribution in [0.1, 0.15) is 40.7 Å². The number of benzene rings is 1. The van der Waals surface area contributed by atoms with Crippen molar-refractivity contribution in [2.45, 2.75) is 51.9 Å². The molecular weight excluding hydrogens is 400 g/mol. The number of nitrogens with zero attached hydrogens (tertiary/aromatic N) is 3. The van der Waals surface area contributed by atoms with Crippen molar-refractivity contribution >= 4 is 17.5 Å². The van der Waals surface area contributed by atoms with Gasteiger partial charge in [0, 0.05) is 30.0 Å². The van der Waals surface area contributed by atoms with E-state index in [0.29, 0.717) is 11.7 Å². The van der Waals surface area contributed by atoms with Crippen molar-refractivity contribution in [2.24, 2.45) is 0 Å². The van der Waals surface area contributed by atoms with Crippen LogP contribution in [0.25, 0.3) is 0 Å². The van der Waals surface area contributed by atoms with E-state index in [1.165, 1.54) is 17.3 Å². The zero-order valence-corrected chi connectivity index (χ0v) is 18.7. The number of hydrogen-bond acceptors (Lipinski definition) is 5. The van der Waals surface area contributed by atoms with E-state index >= 15 is 0 Å². The quantitative estimate of drug-likeness (QED) is 0.394. The van der Waals surface area contributed by atoms with Crippen molar-refractivity contribution in [3.05, 3.63) is 63.3 Å². The van der Waals surface area contributed by atoms with E-state index in [0.717, 1.165) is 42.1 Å². The number of methoxy groups -OCH3 is 1. The van der Waals surface area contributed by atoms with Crippen molar-refractivity contribution in [3.8, 4) is 5.75 Å². The van der Waals surface area contributed by atoms with Gasteiger partial charge < -0.3 is 9.30 Å². The summed E-state index contributed by atoms with van der Waals surface area (Å²) in [4.78, 5) is 24.7. The van der Waals surface area contributed by atoms with Crippen LogP contribution in [0, 0.1) is 13.8 Å². The fourth-order valence-corrected chi connectivity index (χ4v) is 4.36. The van der Waals surface area contributed by atoms with Crippen molar-refractivity contribution < 1.29 is 9.53 Å². The van der Waals surface area contributed by atoms with E-state index in [1.807, 2.05) is 39.0 Å². The monoisotopic (exact) mass is 428 g/mol. The summed E-state index contributed by atoms with van der Waals surface area (Å²) in [5.74, 6) is 1.14. The molecule has 0 bridgehead atoms. The molecule has 2 heterocycles. The number of hydrogen-bond donors (Lipinski definition) is 1. The number of rotatable bonds is 10. The van der Waals surface area contributed by atoms with E-state index in [2.05, 4.69) is 26.9 Å². The molecule has 1 N–H and O–H groups in total. The van der Waals surface area contributed by atoms with E-state index in [1.54, 1.807) is 11.7 Å². The SMILES string of the molecule is CCCn1c(SCC(=O)c2cc(C)n(CCc3ccc(OC)cc3)c2C)n[nH]c1=O. The zero-order valence-electron chi connectivity index (χ0n) is 17.9. The third-order valence-electron chi connectivity index (χ3n) is 5.16. The first-order valence-corrected chi connectivity index (χ1v) is 11.0. The summed E-state index contributed by atoms with van der Waals surface area (Å²) in [7, 11) is 1.66. The van der Waals surface area contributed by atoms with E-state index in [9.17, 15) is 9.59 Å². The highest BCUT2D eigenvalue weighted by atomic mass is 32.2. The average molecular weight is 429 g/mol. The molecule has 2 aromatic heterocycles. The van der Waals surface area contributed by atoms with Gasteiger partial charge in [-0.25, -0.2) is 9.89 Å². The Morgan fingerprint density at radius 1 is 1.17 bits per heavy atom. The number of aromatic nitrogens is 4. The van der Waals surface area contributed by atoms with Crippen LogP contribution < -0.4 is 10.4 Å². The average Bonchev–Trinajstić information content (AvgIpc) is 3.24. The largest absolute Gasteiger partial charge is 0.497 e. The Hall–Kier alpha value is -2.74. The van der Waals surface area contributed by atoms with Crippen LogP contribution in [0.3, 0.4) is 0 Å². The molecule has 0 spiro atoms. The molecule has 0 aliphatic rings. The lowest BCUT2D eigenvalue weighted by Gasteiger charge is -2.10. The van der Waals surface area contributed by atoms with E-state index in [-0.39, 0.29) is 17.2 Å². The van der Waals surface area contributed by atoms with Crippen LogP contribution >= 0.6 is 11.8 Å². The van der Waals surface area contributed by atoms with Crippen LogP contribution in [0.2, 0.25) is 0 Å². The summed E-state index contributed by atoms with van der Waals surface area (Å²) >= 11 is 1.30. The molecule has 0 aliphatic heterocycles. The molecule has 160 valence electrons. The lowest BCUT2D eigenvalue weighted by molar-refractivity contribution is 0.102. The van der Waals surface area contributed by atoms with Gasteiger partial charge in [0.1, 0.15) is 5.75 Å². The van der Waals surface area contributed by atoms with Crippen LogP contribution in [0.4, 0.5) is 0 Å². The maximum Gasteiger partial charge on any atom is 0.343 e. The second-order valence-electron chi connectivity index (χ2n) is 7.21. The number of Topliss-reactive ketones (excluding diaryl/α,β-unsaturated/α-hetero) is 1. The van der Waals surface area contributed by atoms with Gasteiger partial charge in [-0.1, -0.05) is 30.8 Å². The number of nitrogens with one attached hydrogen (secondary N) is 1. The van der Waals surface area contributed by atoms with Crippen LogP contribution in [0.15, 0.2) is 40.3 Å². The van der Waals surface area contributed by atoms with Gasteiger partial charge in [-0.05, 0) is 50.5 Å². The van der Waals surface area contributed by atoms with Gasteiger partial charge in [0.15, 0.2) is 10.9 Å². The lowest BCUT2D eigenvalue weighted by atomic mass is 10.1. The van der Waals surface area contributed by atoms with Gasteiger partial charge in [-0.3, -0.25) is 9.36 Å². The highest BCUT2D eigenvalue weighted by molar-refractivity contribution is 7.99. The first kappa shape index (κ1) is 22.0. The number of aryl methyl sites for hydroxylation is 2. The number of H-pyrrole nitrogens is 1. The Kier molecular flexibility index (Phi) is 7.20. The summed E-state index contributed by atoms with van der Waals surface area (Å²) in [6.07, 6.45) is 1.70. The maximum absolute atomic E-state index is 12.9. The van der Waals surface area contributed by atoms with Gasteiger partial charge >= 0.3 is 5.69 Å². The molecule has 7 nitrogen and oxygen atoms in total. The molecule has 3 aromatic rings. The lowest BCUT2D eigenvalue weighted by Crippen LogP contribution is -2.17. The third-order valence-corrected chi connectivity index (χ3v) is 6.14. The molecule has 0 fully saturated rings. The molecule has 0 atom stereocenters. The number of aromatic amines is 1. The molecule has 0 saturated carbocycles. The first-order valence-electron chi connectivity index (χ1n) is 10.1. The predicted molar refractivity (Wildman–Crippen MR) is 119 cm³/mol. The summed E-state index contributed by atoms with van der Waals surface area (Å²) < 4.78 is 8.97. The van der Waals surface area contributed by atoms with Crippen LogP contribution in [-0.2, 0) is 19.5 Å². The summed E-state index contributed by atoms with van der Waals surface area (Å²) in [5.41, 5.74) is 3.76. The highest BCUT2D eigenvalue weighted by Crippen LogP contribution is 2.21. The third kappa shape index (κ3) is 4.87. The van der Waals surface area contributed by atoms with E-state index in [4.69, 9.17) is 4.74 Å². The van der Waals surface area contributed by atoms with E-state index < -0.39 is 0 Å². The molecule has 3 rings (SSSR count). The molecule has 1 aromatic carbocycles. The highest BCUT2D eigenvalue weighted by Gasteiger charge is 2.17. The Bertz CT molecular complexity index is 1060. The van der Waals surface area contributed by atoms with Gasteiger partial charge in [-0.2, -0.15) is 0 Å². The van der Waals surface area contributed by atoms with Crippen molar-refractivity contribution in [1.82, 2.24) is 19.3 Å². The second kappa shape index (κ2) is 9.84. The Labute approximate surface area is 180 Å². The van der Waals surface area contributed by atoms with Gasteiger partial charge in [0.25, 0.3) is 0 Å². The van der Waals surface area contributed by atoms with Crippen molar-refractivity contribution in [1.29, 1.82) is 0 Å². The predicted octanol–water partition coefficient (Wildman–Crippen LogP) is 3.63. The molecule has 0 radical (unpaired) electrons. The molecule has 0 amide bonds. The molecular formula is C22H28N4O3S. The van der Waals surface area contributed by atoms with Gasteiger partial charge in [0.2, 0.25) is 0 Å². The Balaban J connectivity index is 1.66. The molecule has 30 heavy (non-hydrogen) atoms. The normalized spacial score (nSPS) is 11.1. The zero-order chi connectivity index (χ0) is 21.7. The molecule has 0 aliphatic carbocycles. The molecule has 0 saturated heterocycles. The van der Waals surface area contributed by atoms with Gasteiger partial charge in [0.05, 0.1) is 12.9 Å². The van der Waals surface area contributed by atoms with Gasteiger partial charge in [-0.15, -0.1) is 5.10 Å². The number of ether oxygens (including phenoxy) is 1. The first-order chi connectivity index (χ1) is 14.4. The molecule has 8 heteroatoms. The summed E-state index contributed by atoms with van der Waals surface area (Å²) in [5, 5.41) is 7.06. The topological polar surface area (TPSA) is 81.9 Å². The summed E-state index contributed by atoms with van der Waals surface area (Å²) in [6, 6.07) is 10.0.